The lowest BCUT2D eigenvalue weighted by atomic mass is 10.2. The van der Waals surface area contributed by atoms with Crippen molar-refractivity contribution in [3.8, 4) is 0 Å². The molecule has 3 N–H and O–H groups in total. The van der Waals surface area contributed by atoms with Crippen LogP contribution >= 0.6 is 0 Å². The molecule has 0 aromatic carbocycles. The number of esters is 2. The fourth-order valence-corrected chi connectivity index (χ4v) is 1.43. The Morgan fingerprint density at radius 2 is 1.84 bits per heavy atom. The highest BCUT2D eigenvalue weighted by Gasteiger charge is 2.23. The molecule has 7 nitrogen and oxygen atoms in total. The predicted molar refractivity (Wildman–Crippen MR) is 69.7 cm³/mol. The van der Waals surface area contributed by atoms with E-state index in [9.17, 15) is 9.59 Å². The summed E-state index contributed by atoms with van der Waals surface area (Å²) >= 11 is 0. The molecule has 19 heavy (non-hydrogen) atoms. The maximum atomic E-state index is 11.7. The van der Waals surface area contributed by atoms with Gasteiger partial charge in [0.05, 0.1) is 19.0 Å². The second kappa shape index (κ2) is 6.58. The molecule has 0 aliphatic heterocycles. The maximum Gasteiger partial charge on any atom is 0.357 e. The van der Waals surface area contributed by atoms with Gasteiger partial charge in [-0.1, -0.05) is 0 Å². The third kappa shape index (κ3) is 3.57. The van der Waals surface area contributed by atoms with E-state index in [1.165, 1.54) is 6.20 Å². The first-order valence-corrected chi connectivity index (χ1v) is 5.87. The van der Waals surface area contributed by atoms with Crippen LogP contribution in [0.5, 0.6) is 0 Å². The van der Waals surface area contributed by atoms with Gasteiger partial charge in [0.15, 0.2) is 5.69 Å². The van der Waals surface area contributed by atoms with E-state index in [1.807, 2.05) is 0 Å². The number of hydrogen-bond acceptors (Lipinski definition) is 5. The zero-order valence-corrected chi connectivity index (χ0v) is 11.1. The molecule has 0 radical (unpaired) electrons. The van der Waals surface area contributed by atoms with Crippen LogP contribution in [0.1, 0.15) is 41.6 Å². The number of nitrogens with one attached hydrogen (secondary N) is 1. The van der Waals surface area contributed by atoms with Crippen LogP contribution in [0.2, 0.25) is 0 Å². The van der Waals surface area contributed by atoms with E-state index < -0.39 is 11.9 Å². The van der Waals surface area contributed by atoms with E-state index in [0.29, 0.717) is 0 Å². The fourth-order valence-electron chi connectivity index (χ4n) is 1.43. The lowest BCUT2D eigenvalue weighted by Crippen LogP contribution is -2.09. The van der Waals surface area contributed by atoms with Gasteiger partial charge in [0, 0.05) is 6.20 Å². The average Bonchev–Trinajstić information content (AvgIpc) is 2.72. The zero-order chi connectivity index (χ0) is 14.4. The molecule has 0 spiro atoms. The van der Waals surface area contributed by atoms with Crippen LogP contribution in [-0.2, 0) is 9.47 Å². The first-order valence-electron chi connectivity index (χ1n) is 5.87. The summed E-state index contributed by atoms with van der Waals surface area (Å²) in [7, 11) is 0. The number of amidine groups is 1. The molecule has 7 heteroatoms. The van der Waals surface area contributed by atoms with Gasteiger partial charge < -0.3 is 20.2 Å². The van der Waals surface area contributed by atoms with E-state index in [2.05, 4.69) is 9.98 Å². The monoisotopic (exact) mass is 267 g/mol. The minimum Gasteiger partial charge on any atom is -0.462 e. The number of rotatable bonds is 5. The highest BCUT2D eigenvalue weighted by atomic mass is 16.5. The summed E-state index contributed by atoms with van der Waals surface area (Å²) in [6.07, 6.45) is 1.35. The Morgan fingerprint density at radius 1 is 1.26 bits per heavy atom. The Balaban J connectivity index is 3.23. The average molecular weight is 267 g/mol. The Kier molecular flexibility index (Phi) is 5.11. The van der Waals surface area contributed by atoms with Gasteiger partial charge in [-0.05, 0) is 20.8 Å². The summed E-state index contributed by atoms with van der Waals surface area (Å²) in [6, 6.07) is 0. The zero-order valence-electron chi connectivity index (χ0n) is 11.1. The van der Waals surface area contributed by atoms with Crippen molar-refractivity contribution in [2.45, 2.75) is 20.8 Å². The van der Waals surface area contributed by atoms with Gasteiger partial charge in [0.1, 0.15) is 11.3 Å². The number of H-pyrrole nitrogens is 1. The number of carbonyl (C=O) groups is 2. The Morgan fingerprint density at radius 3 is 2.37 bits per heavy atom. The number of aromatic amines is 1. The smallest absolute Gasteiger partial charge is 0.357 e. The van der Waals surface area contributed by atoms with E-state index in [4.69, 9.17) is 15.2 Å². The molecular weight excluding hydrogens is 250 g/mol. The number of ether oxygens (including phenoxy) is 2. The number of carbonyl (C=O) groups excluding carboxylic acids is 2. The summed E-state index contributed by atoms with van der Waals surface area (Å²) in [5.74, 6) is -0.956. The second-order valence-corrected chi connectivity index (χ2v) is 3.62. The third-order valence-electron chi connectivity index (χ3n) is 2.12. The van der Waals surface area contributed by atoms with Crippen molar-refractivity contribution in [2.75, 3.05) is 13.2 Å². The van der Waals surface area contributed by atoms with Gasteiger partial charge in [0.25, 0.3) is 0 Å². The summed E-state index contributed by atoms with van der Waals surface area (Å²) in [5, 5.41) is 0. The maximum absolute atomic E-state index is 11.7. The number of nitrogens with two attached hydrogens (primary N) is 1. The van der Waals surface area contributed by atoms with E-state index >= 15 is 0 Å². The van der Waals surface area contributed by atoms with Crippen molar-refractivity contribution >= 4 is 23.5 Å². The molecular formula is C12H17N3O4. The molecule has 0 bridgehead atoms. The van der Waals surface area contributed by atoms with Crippen LogP contribution in [0.4, 0.5) is 5.69 Å². The predicted octanol–water partition coefficient (Wildman–Crippen LogP) is 1.38. The molecule has 0 unspecified atom stereocenters. The van der Waals surface area contributed by atoms with Crippen molar-refractivity contribution in [3.05, 3.63) is 17.5 Å². The second-order valence-electron chi connectivity index (χ2n) is 3.62. The molecule has 0 fully saturated rings. The Labute approximate surface area is 110 Å². The van der Waals surface area contributed by atoms with Crippen LogP contribution in [-0.4, -0.2) is 36.0 Å². The SMILES string of the molecule is CCOC(=O)c1c[nH]c(C(=O)OCC)c1N=C(C)N. The van der Waals surface area contributed by atoms with Gasteiger partial charge in [-0.2, -0.15) is 0 Å². The van der Waals surface area contributed by atoms with Crippen LogP contribution in [0.15, 0.2) is 11.2 Å². The molecule has 0 aliphatic rings. The molecule has 0 atom stereocenters. The van der Waals surface area contributed by atoms with E-state index in [0.717, 1.165) is 0 Å². The molecule has 0 saturated carbocycles. The molecule has 0 aliphatic carbocycles. The van der Waals surface area contributed by atoms with Crippen molar-refractivity contribution in [3.63, 3.8) is 0 Å². The van der Waals surface area contributed by atoms with Crippen molar-refractivity contribution in [1.82, 2.24) is 4.98 Å². The van der Waals surface area contributed by atoms with Gasteiger partial charge in [0.2, 0.25) is 0 Å². The summed E-state index contributed by atoms with van der Waals surface area (Å²) in [5.41, 5.74) is 5.86. The van der Waals surface area contributed by atoms with Gasteiger partial charge >= 0.3 is 11.9 Å². The molecule has 0 amide bonds. The highest BCUT2D eigenvalue weighted by molar-refractivity contribution is 6.04. The normalized spacial score (nSPS) is 11.2. The molecule has 1 aromatic heterocycles. The van der Waals surface area contributed by atoms with Gasteiger partial charge in [-0.25, -0.2) is 14.6 Å². The van der Waals surface area contributed by atoms with Crippen molar-refractivity contribution < 1.29 is 19.1 Å². The van der Waals surface area contributed by atoms with Crippen LogP contribution < -0.4 is 5.73 Å². The molecule has 0 saturated heterocycles. The van der Waals surface area contributed by atoms with E-state index in [-0.39, 0.29) is 36.0 Å². The summed E-state index contributed by atoms with van der Waals surface area (Å²) < 4.78 is 9.75. The Hall–Kier alpha value is -2.31. The number of nitrogens with zero attached hydrogens (tertiary/aromatic N) is 1. The topological polar surface area (TPSA) is 107 Å². The van der Waals surface area contributed by atoms with Gasteiger partial charge in [-0.3, -0.25) is 0 Å². The van der Waals surface area contributed by atoms with E-state index in [1.54, 1.807) is 20.8 Å². The largest absolute Gasteiger partial charge is 0.462 e. The standard InChI is InChI=1S/C12H17N3O4/c1-4-18-11(16)8-6-14-10(12(17)19-5-2)9(8)15-7(3)13/h6,14H,4-5H2,1-3H3,(H2,13,15). The number of aliphatic imine (C=N–C) groups is 1. The van der Waals surface area contributed by atoms with Crippen molar-refractivity contribution in [1.29, 1.82) is 0 Å². The van der Waals surface area contributed by atoms with Crippen LogP contribution in [0, 0.1) is 0 Å². The minimum absolute atomic E-state index is 0.0784. The van der Waals surface area contributed by atoms with Crippen LogP contribution in [0.3, 0.4) is 0 Å². The molecule has 104 valence electrons. The molecule has 1 rings (SSSR count). The quantitative estimate of drug-likeness (QED) is 0.476. The van der Waals surface area contributed by atoms with Gasteiger partial charge in [-0.15, -0.1) is 0 Å². The third-order valence-corrected chi connectivity index (χ3v) is 2.12. The van der Waals surface area contributed by atoms with Crippen molar-refractivity contribution in [2.24, 2.45) is 10.7 Å². The minimum atomic E-state index is -0.599. The first-order chi connectivity index (χ1) is 9.01. The number of aromatic nitrogens is 1. The van der Waals surface area contributed by atoms with Crippen LogP contribution in [0.25, 0.3) is 0 Å². The Bertz CT molecular complexity index is 466. The highest BCUT2D eigenvalue weighted by Crippen LogP contribution is 2.26. The lowest BCUT2D eigenvalue weighted by molar-refractivity contribution is 0.0519. The first kappa shape index (κ1) is 14.7. The molecule has 1 aromatic rings. The summed E-state index contributed by atoms with van der Waals surface area (Å²) in [6.45, 7) is 5.37. The fraction of sp³-hybridized carbons (Fsp3) is 0.417. The summed E-state index contributed by atoms with van der Waals surface area (Å²) in [4.78, 5) is 30.1. The number of hydrogen-bond donors (Lipinski definition) is 2. The molecule has 1 heterocycles. The lowest BCUT2D eigenvalue weighted by Gasteiger charge is -2.03.